The van der Waals surface area contributed by atoms with Crippen LogP contribution in [0.4, 0.5) is 4.79 Å². The van der Waals surface area contributed by atoms with Crippen molar-refractivity contribution >= 4 is 22.9 Å². The van der Waals surface area contributed by atoms with E-state index in [1.807, 2.05) is 32.9 Å². The van der Waals surface area contributed by atoms with Crippen LogP contribution in [-0.4, -0.2) is 62.1 Å². The molecule has 38 heavy (non-hydrogen) atoms. The van der Waals surface area contributed by atoms with Gasteiger partial charge < -0.3 is 18.9 Å². The topological polar surface area (TPSA) is 78.6 Å². The van der Waals surface area contributed by atoms with Crippen LogP contribution in [0.3, 0.4) is 0 Å². The van der Waals surface area contributed by atoms with Gasteiger partial charge in [-0.1, -0.05) is 13.0 Å². The highest BCUT2D eigenvalue weighted by Gasteiger charge is 2.40. The van der Waals surface area contributed by atoms with Gasteiger partial charge >= 0.3 is 6.09 Å². The van der Waals surface area contributed by atoms with Gasteiger partial charge in [0.05, 0.1) is 5.69 Å². The molecule has 0 spiro atoms. The summed E-state index contributed by atoms with van der Waals surface area (Å²) in [6.45, 7) is 10.1. The van der Waals surface area contributed by atoms with Crippen molar-refractivity contribution in [1.29, 1.82) is 0 Å². The summed E-state index contributed by atoms with van der Waals surface area (Å²) in [5.74, 6) is 0.107. The number of carbonyl (C=O) groups is 2. The Morgan fingerprint density at radius 2 is 1.92 bits per heavy atom. The summed E-state index contributed by atoms with van der Waals surface area (Å²) in [6, 6.07) is 8.50. The second-order valence-corrected chi connectivity index (χ2v) is 11.6. The molecule has 0 saturated heterocycles. The third-order valence-electron chi connectivity index (χ3n) is 7.28. The minimum absolute atomic E-state index is 0.0897. The Bertz CT molecular complexity index is 1300. The van der Waals surface area contributed by atoms with Gasteiger partial charge in [0.15, 0.2) is 0 Å². The molecule has 1 amide bonds. The number of fused-ring (bicyclic) bond motifs is 2. The van der Waals surface area contributed by atoms with Crippen molar-refractivity contribution in [2.24, 2.45) is 0 Å². The lowest BCUT2D eigenvalue weighted by molar-refractivity contribution is 0.0513. The van der Waals surface area contributed by atoms with E-state index in [4.69, 9.17) is 9.47 Å². The second-order valence-electron chi connectivity index (χ2n) is 11.6. The first kappa shape index (κ1) is 26.5. The second kappa shape index (κ2) is 10.9. The number of ether oxygens (including phenoxy) is 2. The van der Waals surface area contributed by atoms with Gasteiger partial charge in [0.1, 0.15) is 5.60 Å². The van der Waals surface area contributed by atoms with Crippen molar-refractivity contribution in [2.45, 2.75) is 96.9 Å². The van der Waals surface area contributed by atoms with Crippen molar-refractivity contribution in [1.82, 2.24) is 19.2 Å². The van der Waals surface area contributed by atoms with E-state index < -0.39 is 11.7 Å². The maximum Gasteiger partial charge on any atom is 0.435 e. The molecular weight excluding hydrogens is 480 g/mol. The molecule has 1 saturated carbocycles. The molecule has 3 aromatic rings. The van der Waals surface area contributed by atoms with Gasteiger partial charge in [-0.15, -0.1) is 0 Å². The molecule has 8 heteroatoms. The zero-order chi connectivity index (χ0) is 26.9. The molecule has 0 aliphatic heterocycles. The van der Waals surface area contributed by atoms with Gasteiger partial charge in [-0.05, 0) is 89.5 Å². The lowest BCUT2D eigenvalue weighted by Gasteiger charge is -2.34. The average Bonchev–Trinajstić information content (AvgIpc) is 3.46. The van der Waals surface area contributed by atoms with E-state index in [-0.39, 0.29) is 18.0 Å². The molecule has 0 bridgehead atoms. The van der Waals surface area contributed by atoms with Crippen LogP contribution in [0.2, 0.25) is 0 Å². The molecule has 204 valence electrons. The van der Waals surface area contributed by atoms with E-state index >= 15 is 0 Å². The fraction of sp³-hybridized carbons (Fsp3) is 0.567. The van der Waals surface area contributed by atoms with Gasteiger partial charge in [-0.2, -0.15) is 9.78 Å². The Balaban J connectivity index is 1.33. The first-order chi connectivity index (χ1) is 18.2. The third-order valence-corrected chi connectivity index (χ3v) is 7.28. The predicted octanol–water partition coefficient (Wildman–Crippen LogP) is 5.60. The lowest BCUT2D eigenvalue weighted by atomic mass is 9.91. The Morgan fingerprint density at radius 3 is 2.66 bits per heavy atom. The van der Waals surface area contributed by atoms with Gasteiger partial charge in [-0.3, -0.25) is 4.79 Å². The summed E-state index contributed by atoms with van der Waals surface area (Å²) in [5, 5.41) is 5.51. The number of benzene rings is 1. The molecule has 2 heterocycles. The smallest absolute Gasteiger partial charge is 0.435 e. The lowest BCUT2D eigenvalue weighted by Crippen LogP contribution is -2.44. The van der Waals surface area contributed by atoms with Crippen LogP contribution in [0.15, 0.2) is 36.7 Å². The summed E-state index contributed by atoms with van der Waals surface area (Å²) >= 11 is 0. The third kappa shape index (κ3) is 5.80. The largest absolute Gasteiger partial charge is 0.442 e. The number of hydrogen-bond acceptors (Lipinski definition) is 5. The highest BCUT2D eigenvalue weighted by atomic mass is 16.6. The van der Waals surface area contributed by atoms with Crippen LogP contribution in [-0.2, 0) is 28.9 Å². The first-order valence-corrected chi connectivity index (χ1v) is 14.0. The number of nitrogens with zero attached hydrogens (tertiary/aromatic N) is 4. The van der Waals surface area contributed by atoms with Gasteiger partial charge in [0.2, 0.25) is 0 Å². The summed E-state index contributed by atoms with van der Waals surface area (Å²) in [6.07, 6.45) is 9.75. The Hall–Kier alpha value is -3.13. The van der Waals surface area contributed by atoms with E-state index in [1.165, 1.54) is 4.68 Å². The van der Waals surface area contributed by atoms with Gasteiger partial charge in [0, 0.05) is 60.7 Å². The molecule has 2 aromatic heterocycles. The van der Waals surface area contributed by atoms with E-state index in [0.717, 1.165) is 86.0 Å². The Morgan fingerprint density at radius 1 is 1.11 bits per heavy atom. The summed E-state index contributed by atoms with van der Waals surface area (Å²) in [5.41, 5.74) is 3.24. The van der Waals surface area contributed by atoms with E-state index in [1.54, 1.807) is 6.20 Å². The maximum atomic E-state index is 14.1. The molecule has 1 fully saturated rings. The normalized spacial score (nSPS) is 17.4. The van der Waals surface area contributed by atoms with E-state index in [9.17, 15) is 9.59 Å². The number of rotatable bonds is 9. The fourth-order valence-corrected chi connectivity index (χ4v) is 5.44. The standard InChI is InChI=1S/C30H40N4O4/c1-5-17-37-18-7-15-32-16-14-24-25(8-6-9-27(24)32)28(35)34(22-10-11-22)23-12-13-26-21(19-23)20-33(31-26)29(36)38-30(2,3)4/h6,8-9,14,16,20,22-23H,5,7,10-13,15,17-19H2,1-4H3. The van der Waals surface area contributed by atoms with Crippen LogP contribution in [0.25, 0.3) is 10.9 Å². The number of aryl methyl sites for hydroxylation is 2. The monoisotopic (exact) mass is 520 g/mol. The van der Waals surface area contributed by atoms with E-state index in [2.05, 4.69) is 39.8 Å². The predicted molar refractivity (Wildman–Crippen MR) is 147 cm³/mol. The quantitative estimate of drug-likeness (QED) is 0.343. The molecule has 2 aliphatic rings. The Kier molecular flexibility index (Phi) is 7.61. The minimum atomic E-state index is -0.579. The van der Waals surface area contributed by atoms with Crippen molar-refractivity contribution in [3.8, 4) is 0 Å². The molecular formula is C30H40N4O4. The van der Waals surface area contributed by atoms with Crippen molar-refractivity contribution < 1.29 is 19.1 Å². The minimum Gasteiger partial charge on any atom is -0.442 e. The number of hydrogen-bond donors (Lipinski definition) is 0. The van der Waals surface area contributed by atoms with Crippen molar-refractivity contribution in [2.75, 3.05) is 13.2 Å². The number of amides is 1. The highest BCUT2D eigenvalue weighted by molar-refractivity contribution is 6.07. The average molecular weight is 521 g/mol. The highest BCUT2D eigenvalue weighted by Crippen LogP contribution is 2.36. The Labute approximate surface area is 224 Å². The summed E-state index contributed by atoms with van der Waals surface area (Å²) in [7, 11) is 0. The van der Waals surface area contributed by atoms with Crippen LogP contribution < -0.4 is 0 Å². The van der Waals surface area contributed by atoms with Gasteiger partial charge in [-0.25, -0.2) is 4.79 Å². The SMILES string of the molecule is CCCOCCCn1ccc2c(C(=O)N(C3CC3)C3CCc4nn(C(=O)OC(C)(C)C)cc4C3)cccc21. The van der Waals surface area contributed by atoms with Crippen molar-refractivity contribution in [3.05, 3.63) is 53.5 Å². The molecule has 0 radical (unpaired) electrons. The van der Waals surface area contributed by atoms with Crippen LogP contribution in [0, 0.1) is 0 Å². The molecule has 1 atom stereocenters. The first-order valence-electron chi connectivity index (χ1n) is 14.0. The molecule has 8 nitrogen and oxygen atoms in total. The molecule has 1 unspecified atom stereocenters. The van der Waals surface area contributed by atoms with E-state index in [0.29, 0.717) is 6.42 Å². The molecule has 1 aromatic carbocycles. The summed E-state index contributed by atoms with van der Waals surface area (Å²) < 4.78 is 14.7. The van der Waals surface area contributed by atoms with Crippen LogP contribution >= 0.6 is 0 Å². The number of carbonyl (C=O) groups excluding carboxylic acids is 2. The fourth-order valence-electron chi connectivity index (χ4n) is 5.44. The van der Waals surface area contributed by atoms with Crippen molar-refractivity contribution in [3.63, 3.8) is 0 Å². The molecule has 5 rings (SSSR count). The maximum absolute atomic E-state index is 14.1. The zero-order valence-corrected chi connectivity index (χ0v) is 23.1. The molecule has 2 aliphatic carbocycles. The number of aromatic nitrogens is 3. The van der Waals surface area contributed by atoms with Crippen LogP contribution in [0.1, 0.15) is 81.4 Å². The summed E-state index contributed by atoms with van der Waals surface area (Å²) in [4.78, 5) is 28.7. The van der Waals surface area contributed by atoms with Crippen LogP contribution in [0.5, 0.6) is 0 Å². The van der Waals surface area contributed by atoms with Gasteiger partial charge in [0.25, 0.3) is 5.91 Å². The zero-order valence-electron chi connectivity index (χ0n) is 23.1. The molecule has 0 N–H and O–H groups in total.